The van der Waals surface area contributed by atoms with E-state index in [0.717, 1.165) is 0 Å². The number of ether oxygens (including phenoxy) is 1. The SMILES string of the molecule is CNCc1n[nH]c(C)c1S(=O)(=O)N1CC(C)OCC1C. The van der Waals surface area contributed by atoms with Crippen LogP contribution in [-0.4, -0.2) is 55.3 Å². The molecule has 0 aliphatic carbocycles. The summed E-state index contributed by atoms with van der Waals surface area (Å²) in [6, 6.07) is -0.173. The molecule has 2 rings (SSSR count). The number of nitrogens with zero attached hydrogens (tertiary/aromatic N) is 2. The average Bonchev–Trinajstić information content (AvgIpc) is 2.74. The van der Waals surface area contributed by atoms with Gasteiger partial charge in [-0.1, -0.05) is 0 Å². The number of aromatic nitrogens is 2. The molecule has 0 saturated carbocycles. The fourth-order valence-corrected chi connectivity index (χ4v) is 4.45. The maximum Gasteiger partial charge on any atom is 0.247 e. The van der Waals surface area contributed by atoms with E-state index in [4.69, 9.17) is 4.74 Å². The molecule has 0 bridgehead atoms. The van der Waals surface area contributed by atoms with E-state index in [1.807, 2.05) is 13.8 Å². The predicted molar refractivity (Wildman–Crippen MR) is 74.9 cm³/mol. The Kier molecular flexibility index (Phi) is 4.48. The van der Waals surface area contributed by atoms with Gasteiger partial charge >= 0.3 is 0 Å². The Morgan fingerprint density at radius 1 is 1.50 bits per heavy atom. The molecule has 0 spiro atoms. The van der Waals surface area contributed by atoms with Crippen molar-refractivity contribution in [1.82, 2.24) is 19.8 Å². The van der Waals surface area contributed by atoms with Crippen LogP contribution in [-0.2, 0) is 21.3 Å². The van der Waals surface area contributed by atoms with Crippen LogP contribution in [0, 0.1) is 6.92 Å². The largest absolute Gasteiger partial charge is 0.375 e. The first-order valence-corrected chi connectivity index (χ1v) is 8.13. The van der Waals surface area contributed by atoms with Crippen LogP contribution >= 0.6 is 0 Å². The van der Waals surface area contributed by atoms with Gasteiger partial charge in [-0.3, -0.25) is 5.10 Å². The molecule has 0 radical (unpaired) electrons. The number of nitrogens with one attached hydrogen (secondary N) is 2. The molecule has 1 saturated heterocycles. The van der Waals surface area contributed by atoms with E-state index in [1.165, 1.54) is 4.31 Å². The van der Waals surface area contributed by atoms with Crippen LogP contribution in [0.25, 0.3) is 0 Å². The van der Waals surface area contributed by atoms with Crippen LogP contribution in [0.15, 0.2) is 4.90 Å². The third kappa shape index (κ3) is 2.73. The van der Waals surface area contributed by atoms with Gasteiger partial charge in [-0.2, -0.15) is 9.40 Å². The predicted octanol–water partition coefficient (Wildman–Crippen LogP) is 0.235. The molecule has 2 heterocycles. The van der Waals surface area contributed by atoms with Crippen molar-refractivity contribution >= 4 is 10.0 Å². The minimum Gasteiger partial charge on any atom is -0.375 e. The number of aryl methyl sites for hydroxylation is 1. The maximum absolute atomic E-state index is 12.9. The Labute approximate surface area is 119 Å². The molecule has 0 aromatic carbocycles. The monoisotopic (exact) mass is 302 g/mol. The van der Waals surface area contributed by atoms with Gasteiger partial charge in [0.1, 0.15) is 4.90 Å². The lowest BCUT2D eigenvalue weighted by Gasteiger charge is -2.35. The highest BCUT2D eigenvalue weighted by Crippen LogP contribution is 2.26. The molecular formula is C12H22N4O3S. The topological polar surface area (TPSA) is 87.3 Å². The molecule has 8 heteroatoms. The number of aromatic amines is 1. The van der Waals surface area contributed by atoms with E-state index in [0.29, 0.717) is 31.1 Å². The van der Waals surface area contributed by atoms with Crippen molar-refractivity contribution in [2.45, 2.75) is 44.4 Å². The Morgan fingerprint density at radius 3 is 2.85 bits per heavy atom. The van der Waals surface area contributed by atoms with Crippen molar-refractivity contribution in [3.63, 3.8) is 0 Å². The Morgan fingerprint density at radius 2 is 2.20 bits per heavy atom. The zero-order valence-electron chi connectivity index (χ0n) is 12.3. The second kappa shape index (κ2) is 5.80. The Bertz CT molecular complexity index is 569. The third-order valence-corrected chi connectivity index (χ3v) is 5.61. The standard InChI is InChI=1S/C12H22N4O3S/c1-8-7-19-9(2)6-16(8)20(17,18)12-10(3)14-15-11(12)5-13-4/h8-9,13H,5-7H2,1-4H3,(H,14,15). The quantitative estimate of drug-likeness (QED) is 0.831. The first kappa shape index (κ1) is 15.4. The first-order valence-electron chi connectivity index (χ1n) is 6.69. The van der Waals surface area contributed by atoms with E-state index >= 15 is 0 Å². The maximum atomic E-state index is 12.9. The van der Waals surface area contributed by atoms with Gasteiger partial charge in [0.15, 0.2) is 0 Å². The van der Waals surface area contributed by atoms with E-state index in [9.17, 15) is 8.42 Å². The van der Waals surface area contributed by atoms with Crippen molar-refractivity contribution < 1.29 is 13.2 Å². The highest BCUT2D eigenvalue weighted by atomic mass is 32.2. The smallest absolute Gasteiger partial charge is 0.247 e. The molecular weight excluding hydrogens is 280 g/mol. The summed E-state index contributed by atoms with van der Waals surface area (Å²) >= 11 is 0. The summed E-state index contributed by atoms with van der Waals surface area (Å²) in [5.74, 6) is 0. The number of morpholine rings is 1. The zero-order chi connectivity index (χ0) is 14.9. The summed E-state index contributed by atoms with van der Waals surface area (Å²) < 4.78 is 32.8. The van der Waals surface area contributed by atoms with Gasteiger partial charge in [0.05, 0.1) is 24.1 Å². The van der Waals surface area contributed by atoms with E-state index in [-0.39, 0.29) is 17.0 Å². The molecule has 20 heavy (non-hydrogen) atoms. The summed E-state index contributed by atoms with van der Waals surface area (Å²) in [6.07, 6.45) is -0.0964. The van der Waals surface area contributed by atoms with Crippen molar-refractivity contribution in [3.8, 4) is 0 Å². The van der Waals surface area contributed by atoms with Crippen LogP contribution in [0.3, 0.4) is 0 Å². The minimum atomic E-state index is -3.56. The van der Waals surface area contributed by atoms with Gasteiger partial charge in [-0.25, -0.2) is 8.42 Å². The van der Waals surface area contributed by atoms with Crippen LogP contribution in [0.5, 0.6) is 0 Å². The summed E-state index contributed by atoms with van der Waals surface area (Å²) in [4.78, 5) is 0.285. The number of rotatable bonds is 4. The molecule has 2 unspecified atom stereocenters. The highest BCUT2D eigenvalue weighted by Gasteiger charge is 2.37. The number of H-pyrrole nitrogens is 1. The highest BCUT2D eigenvalue weighted by molar-refractivity contribution is 7.89. The molecule has 114 valence electrons. The van der Waals surface area contributed by atoms with Crippen molar-refractivity contribution in [3.05, 3.63) is 11.4 Å². The molecule has 2 atom stereocenters. The average molecular weight is 302 g/mol. The van der Waals surface area contributed by atoms with Crippen molar-refractivity contribution in [2.75, 3.05) is 20.2 Å². The number of hydrogen-bond donors (Lipinski definition) is 2. The van der Waals surface area contributed by atoms with E-state index < -0.39 is 10.0 Å². The van der Waals surface area contributed by atoms with Crippen LogP contribution in [0.2, 0.25) is 0 Å². The third-order valence-electron chi connectivity index (χ3n) is 3.42. The Balaban J connectivity index is 2.41. The summed E-state index contributed by atoms with van der Waals surface area (Å²) in [5.41, 5.74) is 1.10. The molecule has 1 aromatic rings. The second-order valence-corrected chi connectivity index (χ2v) is 7.05. The second-order valence-electron chi connectivity index (χ2n) is 5.22. The molecule has 0 amide bonds. The summed E-state index contributed by atoms with van der Waals surface area (Å²) in [7, 11) is -1.80. The van der Waals surface area contributed by atoms with Crippen LogP contribution < -0.4 is 5.32 Å². The lowest BCUT2D eigenvalue weighted by atomic mass is 10.2. The molecule has 2 N–H and O–H groups in total. The van der Waals surface area contributed by atoms with Crippen LogP contribution in [0.1, 0.15) is 25.2 Å². The van der Waals surface area contributed by atoms with Crippen molar-refractivity contribution in [1.29, 1.82) is 0 Å². The fraction of sp³-hybridized carbons (Fsp3) is 0.750. The van der Waals surface area contributed by atoms with Gasteiger partial charge < -0.3 is 10.1 Å². The Hall–Kier alpha value is -0.960. The minimum absolute atomic E-state index is 0.0964. The van der Waals surface area contributed by atoms with Crippen molar-refractivity contribution in [2.24, 2.45) is 0 Å². The summed E-state index contributed by atoms with van der Waals surface area (Å²) in [5, 5.41) is 9.79. The zero-order valence-corrected chi connectivity index (χ0v) is 13.1. The number of sulfonamides is 1. The summed E-state index contributed by atoms with van der Waals surface area (Å²) in [6.45, 7) is 6.66. The lowest BCUT2D eigenvalue weighted by Crippen LogP contribution is -2.50. The normalized spacial score (nSPS) is 25.0. The molecule has 1 aliphatic rings. The van der Waals surface area contributed by atoms with Gasteiger partial charge in [-0.05, 0) is 27.8 Å². The van der Waals surface area contributed by atoms with Gasteiger partial charge in [0, 0.05) is 19.1 Å². The van der Waals surface area contributed by atoms with Gasteiger partial charge in [-0.15, -0.1) is 0 Å². The van der Waals surface area contributed by atoms with Gasteiger partial charge in [0.25, 0.3) is 0 Å². The van der Waals surface area contributed by atoms with E-state index in [1.54, 1.807) is 14.0 Å². The van der Waals surface area contributed by atoms with Crippen LogP contribution in [0.4, 0.5) is 0 Å². The molecule has 7 nitrogen and oxygen atoms in total. The number of hydrogen-bond acceptors (Lipinski definition) is 5. The van der Waals surface area contributed by atoms with E-state index in [2.05, 4.69) is 15.5 Å². The molecule has 1 aliphatic heterocycles. The first-order chi connectivity index (χ1) is 9.37. The lowest BCUT2D eigenvalue weighted by molar-refractivity contribution is -0.0170. The fourth-order valence-electron chi connectivity index (χ4n) is 2.42. The van der Waals surface area contributed by atoms with Gasteiger partial charge in [0.2, 0.25) is 10.0 Å². The molecule has 1 aromatic heterocycles. The molecule has 1 fully saturated rings.